The second-order valence-corrected chi connectivity index (χ2v) is 2.63. The normalized spacial score (nSPS) is 10.2. The SMILES string of the molecule is CCNc1ncnc2ncccc12. The van der Waals surface area contributed by atoms with Gasteiger partial charge in [0.2, 0.25) is 0 Å². The summed E-state index contributed by atoms with van der Waals surface area (Å²) in [5.41, 5.74) is 0.730. The number of pyridine rings is 1. The van der Waals surface area contributed by atoms with Gasteiger partial charge in [0.15, 0.2) is 5.65 Å². The lowest BCUT2D eigenvalue weighted by Crippen LogP contribution is -2.00. The standard InChI is InChI=1S/C9H10N4/c1-2-10-8-7-4-3-5-11-9(7)13-6-12-8/h3-6H,2H2,1H3,(H,10,11,12,13). The molecule has 2 heterocycles. The lowest BCUT2D eigenvalue weighted by Gasteiger charge is -2.03. The minimum atomic E-state index is 0.730. The second kappa shape index (κ2) is 3.35. The molecule has 0 fully saturated rings. The van der Waals surface area contributed by atoms with Crippen LogP contribution in [-0.4, -0.2) is 21.5 Å². The van der Waals surface area contributed by atoms with Crippen molar-refractivity contribution in [3.63, 3.8) is 0 Å². The molecular weight excluding hydrogens is 164 g/mol. The van der Waals surface area contributed by atoms with Gasteiger partial charge in [0.25, 0.3) is 0 Å². The second-order valence-electron chi connectivity index (χ2n) is 2.63. The highest BCUT2D eigenvalue weighted by atomic mass is 15.0. The number of nitrogens with one attached hydrogen (secondary N) is 1. The summed E-state index contributed by atoms with van der Waals surface area (Å²) in [5, 5.41) is 4.12. The van der Waals surface area contributed by atoms with Crippen molar-refractivity contribution < 1.29 is 0 Å². The molecule has 2 rings (SSSR count). The van der Waals surface area contributed by atoms with E-state index < -0.39 is 0 Å². The average molecular weight is 174 g/mol. The molecule has 13 heavy (non-hydrogen) atoms. The van der Waals surface area contributed by atoms with Crippen LogP contribution in [-0.2, 0) is 0 Å². The highest BCUT2D eigenvalue weighted by molar-refractivity contribution is 5.85. The first kappa shape index (κ1) is 7.91. The van der Waals surface area contributed by atoms with E-state index >= 15 is 0 Å². The van der Waals surface area contributed by atoms with Gasteiger partial charge in [0.05, 0.1) is 5.39 Å². The number of nitrogens with zero attached hydrogens (tertiary/aromatic N) is 3. The molecule has 1 N–H and O–H groups in total. The van der Waals surface area contributed by atoms with Gasteiger partial charge in [-0.15, -0.1) is 0 Å². The molecule has 0 unspecified atom stereocenters. The van der Waals surface area contributed by atoms with Crippen molar-refractivity contribution in [2.24, 2.45) is 0 Å². The molecule has 0 aliphatic heterocycles. The number of anilines is 1. The first-order chi connectivity index (χ1) is 6.42. The van der Waals surface area contributed by atoms with E-state index in [2.05, 4.69) is 20.3 Å². The third kappa shape index (κ3) is 1.42. The molecule has 0 aliphatic carbocycles. The quantitative estimate of drug-likeness (QED) is 0.748. The summed E-state index contributed by atoms with van der Waals surface area (Å²) in [6.07, 6.45) is 3.25. The molecule has 4 heteroatoms. The fourth-order valence-corrected chi connectivity index (χ4v) is 1.20. The predicted molar refractivity (Wildman–Crippen MR) is 51.5 cm³/mol. The summed E-state index contributed by atoms with van der Waals surface area (Å²) in [6.45, 7) is 2.88. The van der Waals surface area contributed by atoms with Crippen LogP contribution < -0.4 is 5.32 Å². The van der Waals surface area contributed by atoms with Crippen molar-refractivity contribution in [2.75, 3.05) is 11.9 Å². The Balaban J connectivity index is 2.61. The Bertz CT molecular complexity index is 408. The van der Waals surface area contributed by atoms with Crippen LogP contribution in [0.3, 0.4) is 0 Å². The van der Waals surface area contributed by atoms with Crippen molar-refractivity contribution in [3.8, 4) is 0 Å². The molecule has 0 radical (unpaired) electrons. The van der Waals surface area contributed by atoms with Gasteiger partial charge in [-0.1, -0.05) is 0 Å². The van der Waals surface area contributed by atoms with E-state index in [1.54, 1.807) is 6.20 Å². The topological polar surface area (TPSA) is 50.7 Å². The molecule has 0 aliphatic rings. The van der Waals surface area contributed by atoms with Crippen molar-refractivity contribution in [1.82, 2.24) is 15.0 Å². The van der Waals surface area contributed by atoms with Crippen LogP contribution in [0.15, 0.2) is 24.7 Å². The van der Waals surface area contributed by atoms with E-state index in [9.17, 15) is 0 Å². The van der Waals surface area contributed by atoms with E-state index in [0.717, 1.165) is 23.4 Å². The molecule has 0 spiro atoms. The van der Waals surface area contributed by atoms with E-state index in [1.165, 1.54) is 6.33 Å². The van der Waals surface area contributed by atoms with Crippen LogP contribution in [0.25, 0.3) is 11.0 Å². The number of fused-ring (bicyclic) bond motifs is 1. The van der Waals surface area contributed by atoms with Gasteiger partial charge in [0, 0.05) is 12.7 Å². The number of hydrogen-bond acceptors (Lipinski definition) is 4. The van der Waals surface area contributed by atoms with Gasteiger partial charge >= 0.3 is 0 Å². The van der Waals surface area contributed by atoms with Crippen molar-refractivity contribution >= 4 is 16.9 Å². The monoisotopic (exact) mass is 174 g/mol. The van der Waals surface area contributed by atoms with Crippen LogP contribution >= 0.6 is 0 Å². The Morgan fingerprint density at radius 2 is 2.23 bits per heavy atom. The van der Waals surface area contributed by atoms with Gasteiger partial charge in [-0.05, 0) is 19.1 Å². The summed E-state index contributed by atoms with van der Waals surface area (Å²) in [7, 11) is 0. The summed E-state index contributed by atoms with van der Waals surface area (Å²) in [4.78, 5) is 12.3. The third-order valence-corrected chi connectivity index (χ3v) is 1.75. The largest absolute Gasteiger partial charge is 0.370 e. The lowest BCUT2D eigenvalue weighted by molar-refractivity contribution is 1.13. The average Bonchev–Trinajstić information content (AvgIpc) is 2.19. The number of aromatic nitrogens is 3. The molecule has 4 nitrogen and oxygen atoms in total. The maximum absolute atomic E-state index is 4.13. The molecule has 0 aromatic carbocycles. The Hall–Kier alpha value is -1.71. The minimum Gasteiger partial charge on any atom is -0.370 e. The number of rotatable bonds is 2. The third-order valence-electron chi connectivity index (χ3n) is 1.75. The molecule has 2 aromatic heterocycles. The molecule has 0 amide bonds. The molecule has 0 saturated carbocycles. The first-order valence-electron chi connectivity index (χ1n) is 4.21. The highest BCUT2D eigenvalue weighted by Gasteiger charge is 2.00. The summed E-state index contributed by atoms with van der Waals surface area (Å²) >= 11 is 0. The van der Waals surface area contributed by atoms with Crippen LogP contribution in [0.4, 0.5) is 5.82 Å². The fraction of sp³-hybridized carbons (Fsp3) is 0.222. The Morgan fingerprint density at radius 3 is 3.08 bits per heavy atom. The zero-order valence-corrected chi connectivity index (χ0v) is 7.36. The van der Waals surface area contributed by atoms with Gasteiger partial charge in [-0.2, -0.15) is 0 Å². The molecule has 0 bridgehead atoms. The Labute approximate surface area is 76.1 Å². The van der Waals surface area contributed by atoms with Gasteiger partial charge in [0.1, 0.15) is 12.1 Å². The number of hydrogen-bond donors (Lipinski definition) is 1. The van der Waals surface area contributed by atoms with Gasteiger partial charge in [-0.25, -0.2) is 15.0 Å². The summed E-state index contributed by atoms with van der Waals surface area (Å²) in [5.74, 6) is 0.848. The zero-order valence-electron chi connectivity index (χ0n) is 7.36. The van der Waals surface area contributed by atoms with Gasteiger partial charge in [-0.3, -0.25) is 0 Å². The van der Waals surface area contributed by atoms with Crippen molar-refractivity contribution in [1.29, 1.82) is 0 Å². The van der Waals surface area contributed by atoms with Crippen molar-refractivity contribution in [2.45, 2.75) is 6.92 Å². The smallest absolute Gasteiger partial charge is 0.164 e. The molecule has 0 saturated heterocycles. The molecular formula is C9H10N4. The molecule has 0 atom stereocenters. The van der Waals surface area contributed by atoms with Crippen LogP contribution in [0, 0.1) is 0 Å². The van der Waals surface area contributed by atoms with E-state index in [4.69, 9.17) is 0 Å². The van der Waals surface area contributed by atoms with Crippen molar-refractivity contribution in [3.05, 3.63) is 24.7 Å². The minimum absolute atomic E-state index is 0.730. The van der Waals surface area contributed by atoms with E-state index in [1.807, 2.05) is 19.1 Å². The van der Waals surface area contributed by atoms with Gasteiger partial charge < -0.3 is 5.32 Å². The Morgan fingerprint density at radius 1 is 1.31 bits per heavy atom. The maximum Gasteiger partial charge on any atom is 0.164 e. The summed E-state index contributed by atoms with van der Waals surface area (Å²) in [6, 6.07) is 3.84. The van der Waals surface area contributed by atoms with Crippen LogP contribution in [0.2, 0.25) is 0 Å². The highest BCUT2D eigenvalue weighted by Crippen LogP contribution is 2.15. The molecule has 66 valence electrons. The van der Waals surface area contributed by atoms with Crippen LogP contribution in [0.5, 0.6) is 0 Å². The Kier molecular flexibility index (Phi) is 2.04. The predicted octanol–water partition coefficient (Wildman–Crippen LogP) is 1.46. The van der Waals surface area contributed by atoms with Crippen LogP contribution in [0.1, 0.15) is 6.92 Å². The lowest BCUT2D eigenvalue weighted by atomic mass is 10.3. The molecule has 2 aromatic rings. The first-order valence-corrected chi connectivity index (χ1v) is 4.21. The maximum atomic E-state index is 4.13. The zero-order chi connectivity index (χ0) is 9.10. The fourth-order valence-electron chi connectivity index (χ4n) is 1.20. The van der Waals surface area contributed by atoms with E-state index in [-0.39, 0.29) is 0 Å². The summed E-state index contributed by atoms with van der Waals surface area (Å²) < 4.78 is 0. The van der Waals surface area contributed by atoms with E-state index in [0.29, 0.717) is 0 Å².